The summed E-state index contributed by atoms with van der Waals surface area (Å²) in [6.45, 7) is 2.11. The molecule has 94 valence electrons. The number of nitrogens with zero attached hydrogens (tertiary/aromatic N) is 1. The second kappa shape index (κ2) is 4.38. The monoisotopic (exact) mass is 251 g/mol. The molecular weight excluding hydrogens is 230 g/mol. The summed E-state index contributed by atoms with van der Waals surface area (Å²) in [7, 11) is 2.25. The first-order valence-corrected chi connectivity index (χ1v) is 7.48. The number of aliphatic hydroxyl groups is 1. The Balaban J connectivity index is 1.76. The van der Waals surface area contributed by atoms with Gasteiger partial charge in [0.05, 0.1) is 6.10 Å². The summed E-state index contributed by atoms with van der Waals surface area (Å²) < 4.78 is 0. The minimum absolute atomic E-state index is 0.230. The van der Waals surface area contributed by atoms with Crippen molar-refractivity contribution in [3.8, 4) is 0 Å². The van der Waals surface area contributed by atoms with Crippen LogP contribution >= 0.6 is 11.3 Å². The Kier molecular flexibility index (Phi) is 3.01. The van der Waals surface area contributed by atoms with Gasteiger partial charge in [0.15, 0.2) is 0 Å². The molecule has 0 spiro atoms. The molecule has 2 nitrogen and oxygen atoms in total. The molecule has 2 bridgehead atoms. The van der Waals surface area contributed by atoms with E-state index in [1.54, 1.807) is 11.3 Å². The van der Waals surface area contributed by atoms with Crippen molar-refractivity contribution in [2.24, 2.45) is 5.92 Å². The molecule has 17 heavy (non-hydrogen) atoms. The third kappa shape index (κ3) is 1.94. The fraction of sp³-hybridized carbons (Fsp3) is 0.714. The minimum Gasteiger partial charge on any atom is -0.387 e. The van der Waals surface area contributed by atoms with Crippen molar-refractivity contribution in [1.29, 1.82) is 0 Å². The lowest BCUT2D eigenvalue weighted by Gasteiger charge is -2.38. The summed E-state index contributed by atoms with van der Waals surface area (Å²) in [5, 5.41) is 12.7. The Morgan fingerprint density at radius 1 is 1.35 bits per heavy atom. The number of aryl methyl sites for hydroxylation is 1. The van der Waals surface area contributed by atoms with E-state index in [2.05, 4.69) is 30.3 Å². The molecular formula is C14H21NOS. The number of thiophene rings is 1. The fourth-order valence-electron chi connectivity index (χ4n) is 3.61. The maximum Gasteiger partial charge on any atom is 0.0913 e. The third-order valence-electron chi connectivity index (χ3n) is 4.75. The number of aliphatic hydroxyl groups excluding tert-OH is 1. The SMILES string of the molecule is Cc1ccsc1C(O)C1CC2CCC(C1)N2C. The highest BCUT2D eigenvalue weighted by Gasteiger charge is 2.41. The number of fused-ring (bicyclic) bond motifs is 2. The van der Waals surface area contributed by atoms with Crippen LogP contribution in [0.15, 0.2) is 11.4 Å². The van der Waals surface area contributed by atoms with Crippen LogP contribution in [0.1, 0.15) is 42.2 Å². The lowest BCUT2D eigenvalue weighted by Crippen LogP contribution is -2.41. The Morgan fingerprint density at radius 3 is 2.53 bits per heavy atom. The van der Waals surface area contributed by atoms with E-state index in [4.69, 9.17) is 0 Å². The standard InChI is InChI=1S/C14H21NOS/c1-9-5-6-17-14(9)13(16)10-7-11-3-4-12(8-10)15(11)2/h5-6,10-13,16H,3-4,7-8H2,1-2H3. The molecule has 2 fully saturated rings. The van der Waals surface area contributed by atoms with Crippen LogP contribution in [0.3, 0.4) is 0 Å². The first-order chi connectivity index (χ1) is 8.16. The van der Waals surface area contributed by atoms with E-state index in [0.717, 1.165) is 0 Å². The lowest BCUT2D eigenvalue weighted by molar-refractivity contribution is 0.0373. The Hall–Kier alpha value is -0.380. The van der Waals surface area contributed by atoms with Gasteiger partial charge in [0.1, 0.15) is 0 Å². The molecule has 2 aliphatic rings. The van der Waals surface area contributed by atoms with Crippen LogP contribution in [0.2, 0.25) is 0 Å². The molecule has 0 amide bonds. The highest BCUT2D eigenvalue weighted by molar-refractivity contribution is 7.10. The van der Waals surface area contributed by atoms with E-state index in [1.165, 1.54) is 36.1 Å². The molecule has 1 aromatic heterocycles. The van der Waals surface area contributed by atoms with E-state index in [9.17, 15) is 5.11 Å². The zero-order chi connectivity index (χ0) is 12.0. The van der Waals surface area contributed by atoms with Gasteiger partial charge < -0.3 is 10.0 Å². The third-order valence-corrected chi connectivity index (χ3v) is 5.84. The summed E-state index contributed by atoms with van der Waals surface area (Å²) in [5.74, 6) is 0.473. The molecule has 0 aliphatic carbocycles. The van der Waals surface area contributed by atoms with Crippen molar-refractivity contribution in [3.63, 3.8) is 0 Å². The van der Waals surface area contributed by atoms with Crippen molar-refractivity contribution >= 4 is 11.3 Å². The van der Waals surface area contributed by atoms with E-state index in [0.29, 0.717) is 18.0 Å². The van der Waals surface area contributed by atoms with Crippen LogP contribution in [0.5, 0.6) is 0 Å². The van der Waals surface area contributed by atoms with Crippen LogP contribution in [0, 0.1) is 12.8 Å². The molecule has 0 aromatic carbocycles. The largest absolute Gasteiger partial charge is 0.387 e. The second-order valence-electron chi connectivity index (χ2n) is 5.69. The van der Waals surface area contributed by atoms with Crippen molar-refractivity contribution in [1.82, 2.24) is 4.90 Å². The number of hydrogen-bond acceptors (Lipinski definition) is 3. The fourth-order valence-corrected chi connectivity index (χ4v) is 4.62. The van der Waals surface area contributed by atoms with Crippen LogP contribution in [-0.4, -0.2) is 29.1 Å². The average molecular weight is 251 g/mol. The summed E-state index contributed by atoms with van der Waals surface area (Å²) in [5.41, 5.74) is 1.26. The van der Waals surface area contributed by atoms with Gasteiger partial charge in [-0.1, -0.05) is 0 Å². The number of piperidine rings is 1. The van der Waals surface area contributed by atoms with Crippen LogP contribution in [-0.2, 0) is 0 Å². The molecule has 3 unspecified atom stereocenters. The van der Waals surface area contributed by atoms with Crippen LogP contribution < -0.4 is 0 Å². The van der Waals surface area contributed by atoms with E-state index in [-0.39, 0.29) is 6.10 Å². The molecule has 1 N–H and O–H groups in total. The van der Waals surface area contributed by atoms with Gasteiger partial charge in [0.2, 0.25) is 0 Å². The molecule has 3 heteroatoms. The van der Waals surface area contributed by atoms with Crippen molar-refractivity contribution in [3.05, 3.63) is 21.9 Å². The lowest BCUT2D eigenvalue weighted by atomic mass is 9.85. The minimum atomic E-state index is -0.230. The van der Waals surface area contributed by atoms with Gasteiger partial charge in [-0.05, 0) is 62.6 Å². The van der Waals surface area contributed by atoms with Crippen LogP contribution in [0.25, 0.3) is 0 Å². The predicted octanol–water partition coefficient (Wildman–Crippen LogP) is 2.96. The van der Waals surface area contributed by atoms with Gasteiger partial charge in [0, 0.05) is 17.0 Å². The molecule has 2 aliphatic heterocycles. The van der Waals surface area contributed by atoms with Gasteiger partial charge in [-0.2, -0.15) is 0 Å². The smallest absolute Gasteiger partial charge is 0.0913 e. The number of hydrogen-bond donors (Lipinski definition) is 1. The zero-order valence-corrected chi connectivity index (χ0v) is 11.4. The topological polar surface area (TPSA) is 23.5 Å². The average Bonchev–Trinajstić information content (AvgIpc) is 2.79. The van der Waals surface area contributed by atoms with Crippen LogP contribution in [0.4, 0.5) is 0 Å². The predicted molar refractivity (Wildman–Crippen MR) is 71.3 cm³/mol. The van der Waals surface area contributed by atoms with Crippen molar-refractivity contribution in [2.45, 2.75) is 50.8 Å². The van der Waals surface area contributed by atoms with Gasteiger partial charge >= 0.3 is 0 Å². The van der Waals surface area contributed by atoms with E-state index in [1.807, 2.05) is 0 Å². The Bertz CT molecular complexity index is 389. The molecule has 3 heterocycles. The molecule has 2 saturated heterocycles. The van der Waals surface area contributed by atoms with Gasteiger partial charge in [-0.25, -0.2) is 0 Å². The molecule has 3 rings (SSSR count). The first-order valence-electron chi connectivity index (χ1n) is 6.61. The molecule has 3 atom stereocenters. The summed E-state index contributed by atoms with van der Waals surface area (Å²) >= 11 is 1.71. The summed E-state index contributed by atoms with van der Waals surface area (Å²) in [6.07, 6.45) is 4.77. The normalized spacial score (nSPS) is 35.1. The maximum atomic E-state index is 10.6. The van der Waals surface area contributed by atoms with Gasteiger partial charge in [-0.15, -0.1) is 11.3 Å². The second-order valence-corrected chi connectivity index (χ2v) is 6.64. The highest BCUT2D eigenvalue weighted by atomic mass is 32.1. The molecule has 1 aromatic rings. The van der Waals surface area contributed by atoms with Crippen molar-refractivity contribution < 1.29 is 5.11 Å². The molecule has 0 radical (unpaired) electrons. The maximum absolute atomic E-state index is 10.6. The van der Waals surface area contributed by atoms with Gasteiger partial charge in [-0.3, -0.25) is 0 Å². The summed E-state index contributed by atoms with van der Waals surface area (Å²) in [4.78, 5) is 3.73. The highest BCUT2D eigenvalue weighted by Crippen LogP contribution is 2.43. The quantitative estimate of drug-likeness (QED) is 0.873. The zero-order valence-electron chi connectivity index (χ0n) is 10.6. The van der Waals surface area contributed by atoms with Gasteiger partial charge in [0.25, 0.3) is 0 Å². The summed E-state index contributed by atoms with van der Waals surface area (Å²) in [6, 6.07) is 3.55. The Labute approximate surface area is 107 Å². The van der Waals surface area contributed by atoms with Crippen molar-refractivity contribution in [2.75, 3.05) is 7.05 Å². The Morgan fingerprint density at radius 2 is 2.00 bits per heavy atom. The number of rotatable bonds is 2. The molecule has 0 saturated carbocycles. The van der Waals surface area contributed by atoms with E-state index >= 15 is 0 Å². The van der Waals surface area contributed by atoms with E-state index < -0.39 is 0 Å². The first kappa shape index (κ1) is 11.7.